The number of hydrogen-bond donors (Lipinski definition) is 3. The van der Waals surface area contributed by atoms with Gasteiger partial charge in [0.15, 0.2) is 0 Å². The Kier molecular flexibility index (Phi) is 5.40. The molecule has 0 saturated heterocycles. The van der Waals surface area contributed by atoms with E-state index in [2.05, 4.69) is 31.1 Å². The average molecular weight is 379 g/mol. The molecule has 0 fully saturated rings. The Morgan fingerprint density at radius 3 is 2.54 bits per heavy atom. The van der Waals surface area contributed by atoms with Crippen LogP contribution in [0.15, 0.2) is 48.9 Å². The Morgan fingerprint density at radius 1 is 1.07 bits per heavy atom. The molecule has 10 heteroatoms. The van der Waals surface area contributed by atoms with Crippen LogP contribution in [0.5, 0.6) is 0 Å². The summed E-state index contributed by atoms with van der Waals surface area (Å²) >= 11 is 0. The van der Waals surface area contributed by atoms with Gasteiger partial charge < -0.3 is 5.32 Å². The molecule has 0 spiro atoms. The number of benzene rings is 1. The summed E-state index contributed by atoms with van der Waals surface area (Å²) in [5.74, 6) is -0.713. The Balaban J connectivity index is 1.85. The number of nitrogens with one attached hydrogen (secondary N) is 3. The maximum absolute atomic E-state index is 12.1. The van der Waals surface area contributed by atoms with E-state index in [0.29, 0.717) is 5.69 Å². The highest BCUT2D eigenvalue weighted by molar-refractivity contribution is 5.93. The number of amides is 1. The van der Waals surface area contributed by atoms with Crippen molar-refractivity contribution in [3.05, 3.63) is 75.9 Å². The molecule has 0 saturated carbocycles. The molecule has 0 aliphatic rings. The van der Waals surface area contributed by atoms with Gasteiger partial charge in [0, 0.05) is 11.9 Å². The highest BCUT2D eigenvalue weighted by atomic mass is 16.6. The number of carbonyl (C=O) groups is 1. The number of nitrogens with zero attached hydrogens (tertiary/aromatic N) is 4. The van der Waals surface area contributed by atoms with Gasteiger partial charge in [0.25, 0.3) is 5.91 Å². The molecule has 0 unspecified atom stereocenters. The lowest BCUT2D eigenvalue weighted by Crippen LogP contribution is -2.31. The van der Waals surface area contributed by atoms with E-state index >= 15 is 0 Å². The van der Waals surface area contributed by atoms with Crippen molar-refractivity contribution in [3.8, 4) is 0 Å². The van der Waals surface area contributed by atoms with E-state index in [4.69, 9.17) is 0 Å². The van der Waals surface area contributed by atoms with Gasteiger partial charge in [-0.05, 0) is 37.6 Å². The maximum atomic E-state index is 12.1. The van der Waals surface area contributed by atoms with Crippen LogP contribution in [0.3, 0.4) is 0 Å². The highest BCUT2D eigenvalue weighted by Crippen LogP contribution is 2.31. The van der Waals surface area contributed by atoms with Gasteiger partial charge >= 0.3 is 5.69 Å². The Bertz CT molecular complexity index is 1020. The van der Waals surface area contributed by atoms with Crippen LogP contribution in [0.1, 0.15) is 21.6 Å². The van der Waals surface area contributed by atoms with Crippen LogP contribution in [0.4, 0.5) is 23.0 Å². The number of anilines is 3. The molecule has 0 radical (unpaired) electrons. The van der Waals surface area contributed by atoms with Crippen LogP contribution in [0, 0.1) is 24.0 Å². The number of aromatic nitrogens is 3. The Hall–Kier alpha value is -4.08. The molecule has 142 valence electrons. The SMILES string of the molecule is Cc1ccc(Nc2ncnc(NNC(=O)c3ccccn3)c2[N+](=O)[O-])c(C)c1. The van der Waals surface area contributed by atoms with E-state index in [1.165, 1.54) is 12.3 Å². The van der Waals surface area contributed by atoms with Crippen molar-refractivity contribution in [2.75, 3.05) is 10.7 Å². The molecule has 3 rings (SSSR count). The molecule has 1 amide bonds. The lowest BCUT2D eigenvalue weighted by atomic mass is 10.1. The fourth-order valence-corrected chi connectivity index (χ4v) is 2.49. The minimum absolute atomic E-state index is 0.00142. The van der Waals surface area contributed by atoms with Crippen LogP contribution in [0.25, 0.3) is 0 Å². The fraction of sp³-hybridized carbons (Fsp3) is 0.111. The summed E-state index contributed by atoms with van der Waals surface area (Å²) in [7, 11) is 0. The fourth-order valence-electron chi connectivity index (χ4n) is 2.49. The van der Waals surface area contributed by atoms with Crippen molar-refractivity contribution < 1.29 is 9.72 Å². The average Bonchev–Trinajstić information content (AvgIpc) is 2.68. The van der Waals surface area contributed by atoms with Crippen molar-refractivity contribution in [1.82, 2.24) is 20.4 Å². The van der Waals surface area contributed by atoms with E-state index in [9.17, 15) is 14.9 Å². The second kappa shape index (κ2) is 8.08. The topological polar surface area (TPSA) is 135 Å². The molecule has 2 heterocycles. The monoisotopic (exact) mass is 379 g/mol. The molecule has 28 heavy (non-hydrogen) atoms. The van der Waals surface area contributed by atoms with Gasteiger partial charge in [0.1, 0.15) is 12.0 Å². The first-order chi connectivity index (χ1) is 13.5. The second-order valence-electron chi connectivity index (χ2n) is 5.91. The van der Waals surface area contributed by atoms with Gasteiger partial charge in [-0.3, -0.25) is 30.7 Å². The van der Waals surface area contributed by atoms with Crippen LogP contribution >= 0.6 is 0 Å². The largest absolute Gasteiger partial charge is 0.355 e. The first kappa shape index (κ1) is 18.7. The molecule has 0 atom stereocenters. The van der Waals surface area contributed by atoms with E-state index in [0.717, 1.165) is 17.5 Å². The lowest BCUT2D eigenvalue weighted by Gasteiger charge is -2.12. The molecule has 0 aliphatic heterocycles. The van der Waals surface area contributed by atoms with Crippen LogP contribution in [-0.2, 0) is 0 Å². The summed E-state index contributed by atoms with van der Waals surface area (Å²) in [6.07, 6.45) is 2.63. The molecular weight excluding hydrogens is 362 g/mol. The van der Waals surface area contributed by atoms with Gasteiger partial charge in [0.05, 0.1) is 4.92 Å². The standard InChI is InChI=1S/C18H17N7O3/c1-11-6-7-13(12(2)9-11)22-16-15(25(27)28)17(21-10-20-16)23-24-18(26)14-5-3-4-8-19-14/h3-10H,1-2H3,(H,24,26)(H2,20,21,22,23). The molecule has 2 aromatic heterocycles. The first-order valence-electron chi connectivity index (χ1n) is 8.27. The quantitative estimate of drug-likeness (QED) is 0.439. The maximum Gasteiger partial charge on any atom is 0.355 e. The van der Waals surface area contributed by atoms with E-state index < -0.39 is 16.5 Å². The zero-order valence-corrected chi connectivity index (χ0v) is 15.1. The predicted octanol–water partition coefficient (Wildman–Crippen LogP) is 2.90. The van der Waals surface area contributed by atoms with Crippen molar-refractivity contribution in [2.45, 2.75) is 13.8 Å². The van der Waals surface area contributed by atoms with Crippen LogP contribution < -0.4 is 16.2 Å². The van der Waals surface area contributed by atoms with Gasteiger partial charge in [0.2, 0.25) is 11.6 Å². The summed E-state index contributed by atoms with van der Waals surface area (Å²) in [4.78, 5) is 34.8. The lowest BCUT2D eigenvalue weighted by molar-refractivity contribution is -0.383. The number of pyridine rings is 1. The minimum atomic E-state index is -0.624. The minimum Gasteiger partial charge on any atom is -0.334 e. The van der Waals surface area contributed by atoms with E-state index in [-0.39, 0.29) is 17.3 Å². The third-order valence-corrected chi connectivity index (χ3v) is 3.83. The predicted molar refractivity (Wildman–Crippen MR) is 103 cm³/mol. The Labute approximate surface area is 160 Å². The summed E-state index contributed by atoms with van der Waals surface area (Å²) in [5.41, 5.74) is 7.23. The van der Waals surface area contributed by atoms with Crippen molar-refractivity contribution in [1.29, 1.82) is 0 Å². The summed E-state index contributed by atoms with van der Waals surface area (Å²) in [6, 6.07) is 10.5. The van der Waals surface area contributed by atoms with E-state index in [1.807, 2.05) is 32.0 Å². The molecule has 3 N–H and O–H groups in total. The third kappa shape index (κ3) is 4.18. The zero-order chi connectivity index (χ0) is 20.1. The summed E-state index contributed by atoms with van der Waals surface area (Å²) in [6.45, 7) is 3.84. The second-order valence-corrected chi connectivity index (χ2v) is 5.91. The summed E-state index contributed by atoms with van der Waals surface area (Å²) < 4.78 is 0. The summed E-state index contributed by atoms with van der Waals surface area (Å²) in [5, 5.41) is 14.6. The number of rotatable bonds is 6. The molecule has 3 aromatic rings. The number of aryl methyl sites for hydroxylation is 2. The highest BCUT2D eigenvalue weighted by Gasteiger charge is 2.24. The Morgan fingerprint density at radius 2 is 1.86 bits per heavy atom. The third-order valence-electron chi connectivity index (χ3n) is 3.83. The smallest absolute Gasteiger partial charge is 0.334 e. The first-order valence-corrected chi connectivity index (χ1v) is 8.27. The molecule has 0 aliphatic carbocycles. The normalized spacial score (nSPS) is 10.2. The molecule has 10 nitrogen and oxygen atoms in total. The molecular formula is C18H17N7O3. The van der Waals surface area contributed by atoms with Gasteiger partial charge in [-0.15, -0.1) is 0 Å². The number of hydrazine groups is 1. The van der Waals surface area contributed by atoms with Crippen molar-refractivity contribution >= 4 is 28.9 Å². The van der Waals surface area contributed by atoms with Crippen LogP contribution in [0.2, 0.25) is 0 Å². The molecule has 0 bridgehead atoms. The zero-order valence-electron chi connectivity index (χ0n) is 15.1. The number of nitro groups is 1. The molecule has 1 aromatic carbocycles. The van der Waals surface area contributed by atoms with Crippen LogP contribution in [-0.4, -0.2) is 25.8 Å². The van der Waals surface area contributed by atoms with E-state index in [1.54, 1.807) is 12.1 Å². The van der Waals surface area contributed by atoms with Crippen molar-refractivity contribution in [2.24, 2.45) is 0 Å². The van der Waals surface area contributed by atoms with Gasteiger partial charge in [-0.2, -0.15) is 0 Å². The van der Waals surface area contributed by atoms with Crippen molar-refractivity contribution in [3.63, 3.8) is 0 Å². The number of carbonyl (C=O) groups excluding carboxylic acids is 1. The van der Waals surface area contributed by atoms with Gasteiger partial charge in [-0.25, -0.2) is 9.97 Å². The number of hydrogen-bond acceptors (Lipinski definition) is 8. The van der Waals surface area contributed by atoms with Gasteiger partial charge in [-0.1, -0.05) is 23.8 Å².